The third kappa shape index (κ3) is 2.04. The Balaban J connectivity index is 1.75. The molecule has 0 aliphatic heterocycles. The quantitative estimate of drug-likeness (QED) is 0.903. The SMILES string of the molecule is CC1(C)C(CNC(=O)c2sc3ccccc3c2N)C1(C)C. The molecule has 1 aromatic carbocycles. The Morgan fingerprint density at radius 2 is 1.86 bits per heavy atom. The third-order valence-corrected chi connectivity index (χ3v) is 6.81. The zero-order valence-electron chi connectivity index (χ0n) is 13.0. The van der Waals surface area contributed by atoms with Crippen LogP contribution in [0.2, 0.25) is 0 Å². The molecule has 3 rings (SSSR count). The lowest BCUT2D eigenvalue weighted by molar-refractivity contribution is 0.0955. The van der Waals surface area contributed by atoms with Gasteiger partial charge >= 0.3 is 0 Å². The van der Waals surface area contributed by atoms with Crippen LogP contribution in [0.5, 0.6) is 0 Å². The number of hydrogen-bond acceptors (Lipinski definition) is 3. The van der Waals surface area contributed by atoms with Crippen molar-refractivity contribution in [2.24, 2.45) is 16.7 Å². The molecule has 1 aliphatic rings. The lowest BCUT2D eigenvalue weighted by Crippen LogP contribution is -2.27. The van der Waals surface area contributed by atoms with Gasteiger partial charge in [-0.15, -0.1) is 11.3 Å². The number of thiophene rings is 1. The van der Waals surface area contributed by atoms with E-state index in [1.807, 2.05) is 24.3 Å². The molecule has 1 heterocycles. The van der Waals surface area contributed by atoms with Crippen molar-refractivity contribution in [2.45, 2.75) is 27.7 Å². The van der Waals surface area contributed by atoms with Crippen molar-refractivity contribution in [3.63, 3.8) is 0 Å². The molecule has 1 saturated carbocycles. The number of anilines is 1. The number of rotatable bonds is 3. The summed E-state index contributed by atoms with van der Waals surface area (Å²) in [5, 5.41) is 4.04. The van der Waals surface area contributed by atoms with Crippen LogP contribution in [0.15, 0.2) is 24.3 Å². The second kappa shape index (κ2) is 4.47. The molecule has 1 aliphatic carbocycles. The van der Waals surface area contributed by atoms with E-state index in [1.54, 1.807) is 0 Å². The van der Waals surface area contributed by atoms with Gasteiger partial charge in [0.05, 0.1) is 5.69 Å². The van der Waals surface area contributed by atoms with Crippen molar-refractivity contribution in [3.05, 3.63) is 29.1 Å². The molecule has 3 N–H and O–H groups in total. The summed E-state index contributed by atoms with van der Waals surface area (Å²) in [6.45, 7) is 9.76. The first kappa shape index (κ1) is 14.4. The highest BCUT2D eigenvalue weighted by Gasteiger charge is 2.64. The van der Waals surface area contributed by atoms with Crippen molar-refractivity contribution in [3.8, 4) is 0 Å². The highest BCUT2D eigenvalue weighted by molar-refractivity contribution is 7.21. The molecular formula is C17H22N2OS. The normalized spacial score (nSPS) is 19.6. The first-order valence-corrected chi connectivity index (χ1v) is 8.13. The summed E-state index contributed by atoms with van der Waals surface area (Å²) in [6.07, 6.45) is 0. The average Bonchev–Trinajstić information content (AvgIpc) is 2.71. The number of nitrogens with one attached hydrogen (secondary N) is 1. The Kier molecular flexibility index (Phi) is 3.06. The van der Waals surface area contributed by atoms with Crippen LogP contribution in [0.3, 0.4) is 0 Å². The Morgan fingerprint density at radius 1 is 1.24 bits per heavy atom. The minimum Gasteiger partial charge on any atom is -0.397 e. The van der Waals surface area contributed by atoms with Gasteiger partial charge in [0.15, 0.2) is 0 Å². The van der Waals surface area contributed by atoms with E-state index in [4.69, 9.17) is 5.73 Å². The summed E-state index contributed by atoms with van der Waals surface area (Å²) in [4.78, 5) is 13.0. The zero-order chi connectivity index (χ0) is 15.4. The molecule has 0 bridgehead atoms. The van der Waals surface area contributed by atoms with Crippen molar-refractivity contribution in [2.75, 3.05) is 12.3 Å². The number of nitrogens with two attached hydrogens (primary N) is 1. The fourth-order valence-electron chi connectivity index (χ4n) is 3.35. The van der Waals surface area contributed by atoms with E-state index in [1.165, 1.54) is 11.3 Å². The fourth-order valence-corrected chi connectivity index (χ4v) is 4.39. The number of amides is 1. The Labute approximate surface area is 129 Å². The van der Waals surface area contributed by atoms with E-state index in [2.05, 4.69) is 33.0 Å². The summed E-state index contributed by atoms with van der Waals surface area (Å²) in [7, 11) is 0. The standard InChI is InChI=1S/C17H22N2OS/c1-16(2)12(17(16,3)4)9-19-15(20)14-13(18)10-7-5-6-8-11(10)21-14/h5-8,12H,9,18H2,1-4H3,(H,19,20). The summed E-state index contributed by atoms with van der Waals surface area (Å²) >= 11 is 1.47. The van der Waals surface area contributed by atoms with Crippen LogP contribution in [0, 0.1) is 16.7 Å². The van der Waals surface area contributed by atoms with Crippen LogP contribution in [-0.4, -0.2) is 12.5 Å². The number of fused-ring (bicyclic) bond motifs is 1. The van der Waals surface area contributed by atoms with Crippen molar-refractivity contribution in [1.82, 2.24) is 5.32 Å². The Bertz CT molecular complexity index is 701. The van der Waals surface area contributed by atoms with Gasteiger partial charge in [-0.3, -0.25) is 4.79 Å². The summed E-state index contributed by atoms with van der Waals surface area (Å²) in [6, 6.07) is 7.88. The summed E-state index contributed by atoms with van der Waals surface area (Å²) < 4.78 is 1.06. The Morgan fingerprint density at radius 3 is 2.43 bits per heavy atom. The molecule has 3 nitrogen and oxygen atoms in total. The lowest BCUT2D eigenvalue weighted by atomic mass is 10.0. The molecule has 0 radical (unpaired) electrons. The van der Waals surface area contributed by atoms with Gasteiger partial charge in [-0.05, 0) is 22.8 Å². The molecule has 1 amide bonds. The third-order valence-electron chi connectivity index (χ3n) is 5.63. The lowest BCUT2D eigenvalue weighted by Gasteiger charge is -2.05. The number of carbonyl (C=O) groups excluding carboxylic acids is 1. The minimum atomic E-state index is -0.0489. The molecule has 1 fully saturated rings. The maximum Gasteiger partial charge on any atom is 0.263 e. The van der Waals surface area contributed by atoms with E-state index in [0.717, 1.165) is 10.1 Å². The van der Waals surface area contributed by atoms with Crippen LogP contribution < -0.4 is 11.1 Å². The maximum absolute atomic E-state index is 12.4. The van der Waals surface area contributed by atoms with E-state index in [0.29, 0.717) is 23.0 Å². The van der Waals surface area contributed by atoms with E-state index in [-0.39, 0.29) is 16.7 Å². The molecule has 4 heteroatoms. The molecule has 0 saturated heterocycles. The summed E-state index contributed by atoms with van der Waals surface area (Å²) in [5.41, 5.74) is 7.28. The van der Waals surface area contributed by atoms with Gasteiger partial charge < -0.3 is 11.1 Å². The van der Waals surface area contributed by atoms with Crippen LogP contribution in [-0.2, 0) is 0 Å². The highest BCUT2D eigenvalue weighted by atomic mass is 32.1. The first-order chi connectivity index (χ1) is 9.76. The van der Waals surface area contributed by atoms with Crippen LogP contribution in [0.1, 0.15) is 37.4 Å². The fraction of sp³-hybridized carbons (Fsp3) is 0.471. The summed E-state index contributed by atoms with van der Waals surface area (Å²) in [5.74, 6) is 0.469. The molecule has 1 aromatic heterocycles. The smallest absolute Gasteiger partial charge is 0.263 e. The van der Waals surface area contributed by atoms with Gasteiger partial charge in [0.2, 0.25) is 0 Å². The van der Waals surface area contributed by atoms with E-state index >= 15 is 0 Å². The maximum atomic E-state index is 12.4. The number of hydrogen-bond donors (Lipinski definition) is 2. The van der Waals surface area contributed by atoms with Gasteiger partial charge in [0, 0.05) is 16.6 Å². The second-order valence-electron chi connectivity index (χ2n) is 7.05. The van der Waals surface area contributed by atoms with Gasteiger partial charge in [-0.1, -0.05) is 45.9 Å². The van der Waals surface area contributed by atoms with Gasteiger partial charge in [0.25, 0.3) is 5.91 Å². The molecular weight excluding hydrogens is 280 g/mol. The topological polar surface area (TPSA) is 55.1 Å². The van der Waals surface area contributed by atoms with Crippen molar-refractivity contribution >= 4 is 33.0 Å². The molecule has 0 spiro atoms. The Hall–Kier alpha value is -1.55. The van der Waals surface area contributed by atoms with Crippen LogP contribution in [0.25, 0.3) is 10.1 Å². The van der Waals surface area contributed by atoms with Crippen LogP contribution in [0.4, 0.5) is 5.69 Å². The highest BCUT2D eigenvalue weighted by Crippen LogP contribution is 2.67. The molecule has 112 valence electrons. The zero-order valence-corrected chi connectivity index (χ0v) is 13.8. The van der Waals surface area contributed by atoms with E-state index < -0.39 is 0 Å². The molecule has 2 aromatic rings. The molecule has 0 atom stereocenters. The monoisotopic (exact) mass is 302 g/mol. The predicted octanol–water partition coefficient (Wildman–Crippen LogP) is 3.90. The van der Waals surface area contributed by atoms with Crippen molar-refractivity contribution < 1.29 is 4.79 Å². The van der Waals surface area contributed by atoms with Crippen LogP contribution >= 0.6 is 11.3 Å². The minimum absolute atomic E-state index is 0.0489. The number of benzene rings is 1. The molecule has 0 unspecified atom stereocenters. The number of carbonyl (C=O) groups is 1. The van der Waals surface area contributed by atoms with Gasteiger partial charge in [-0.2, -0.15) is 0 Å². The predicted molar refractivity (Wildman–Crippen MR) is 89.6 cm³/mol. The average molecular weight is 302 g/mol. The first-order valence-electron chi connectivity index (χ1n) is 7.32. The number of nitrogen functional groups attached to an aromatic ring is 1. The molecule has 21 heavy (non-hydrogen) atoms. The second-order valence-corrected chi connectivity index (χ2v) is 8.10. The van der Waals surface area contributed by atoms with Gasteiger partial charge in [-0.25, -0.2) is 0 Å². The van der Waals surface area contributed by atoms with E-state index in [9.17, 15) is 4.79 Å². The van der Waals surface area contributed by atoms with Crippen molar-refractivity contribution in [1.29, 1.82) is 0 Å². The largest absolute Gasteiger partial charge is 0.397 e. The van der Waals surface area contributed by atoms with Gasteiger partial charge in [0.1, 0.15) is 4.88 Å².